The van der Waals surface area contributed by atoms with Gasteiger partial charge in [0.2, 0.25) is 0 Å². The molecule has 1 heterocycles. The average molecular weight is 306 g/mol. The smallest absolute Gasteiger partial charge is 0.254 e. The maximum Gasteiger partial charge on any atom is 0.254 e. The van der Waals surface area contributed by atoms with Crippen molar-refractivity contribution in [2.75, 3.05) is 26.8 Å². The molecule has 0 radical (unpaired) electrons. The highest BCUT2D eigenvalue weighted by Crippen LogP contribution is 2.31. The Kier molecular flexibility index (Phi) is 4.96. The van der Waals surface area contributed by atoms with Crippen molar-refractivity contribution in [3.8, 4) is 11.5 Å². The van der Waals surface area contributed by atoms with Crippen molar-refractivity contribution in [2.45, 2.75) is 33.2 Å². The minimum Gasteiger partial charge on any atom is -0.493 e. The van der Waals surface area contributed by atoms with Gasteiger partial charge in [0, 0.05) is 24.7 Å². The standard InChI is InChI=1S/C17H26N2O3/c1-5-22-13-7-6-12(10-14(13)21-4)16(20)19-9-8-15(18)17(2,3)11-19/h6-7,10,15H,5,8-9,11,18H2,1-4H3. The minimum atomic E-state index is -0.0662. The number of carbonyl (C=O) groups is 1. The van der Waals surface area contributed by atoms with Crippen LogP contribution in [0.3, 0.4) is 0 Å². The number of amides is 1. The second-order valence-corrected chi connectivity index (χ2v) is 6.41. The number of likely N-dealkylation sites (tertiary alicyclic amines) is 1. The summed E-state index contributed by atoms with van der Waals surface area (Å²) < 4.78 is 10.8. The molecule has 1 amide bonds. The number of benzene rings is 1. The van der Waals surface area contributed by atoms with E-state index in [-0.39, 0.29) is 17.4 Å². The molecule has 1 saturated heterocycles. The number of hydrogen-bond acceptors (Lipinski definition) is 4. The summed E-state index contributed by atoms with van der Waals surface area (Å²) in [4.78, 5) is 14.6. The van der Waals surface area contributed by atoms with Crippen LogP contribution < -0.4 is 15.2 Å². The van der Waals surface area contributed by atoms with E-state index in [1.807, 2.05) is 11.8 Å². The number of nitrogens with two attached hydrogens (primary N) is 1. The zero-order chi connectivity index (χ0) is 16.3. The van der Waals surface area contributed by atoms with Gasteiger partial charge < -0.3 is 20.1 Å². The number of ether oxygens (including phenoxy) is 2. The van der Waals surface area contributed by atoms with Crippen LogP contribution in [0, 0.1) is 5.41 Å². The third-order valence-electron chi connectivity index (χ3n) is 4.31. The lowest BCUT2D eigenvalue weighted by atomic mass is 9.79. The maximum atomic E-state index is 12.7. The van der Waals surface area contributed by atoms with Gasteiger partial charge >= 0.3 is 0 Å². The van der Waals surface area contributed by atoms with Crippen molar-refractivity contribution in [2.24, 2.45) is 11.1 Å². The predicted molar refractivity (Wildman–Crippen MR) is 86.4 cm³/mol. The lowest BCUT2D eigenvalue weighted by Gasteiger charge is -2.42. The van der Waals surface area contributed by atoms with Crippen LogP contribution in [0.5, 0.6) is 11.5 Å². The van der Waals surface area contributed by atoms with Gasteiger partial charge in [0.05, 0.1) is 13.7 Å². The first kappa shape index (κ1) is 16.6. The van der Waals surface area contributed by atoms with E-state index in [4.69, 9.17) is 15.2 Å². The van der Waals surface area contributed by atoms with Gasteiger partial charge in [-0.05, 0) is 37.0 Å². The number of rotatable bonds is 4. The van der Waals surface area contributed by atoms with Crippen LogP contribution in [0.1, 0.15) is 37.6 Å². The summed E-state index contributed by atoms with van der Waals surface area (Å²) >= 11 is 0. The normalized spacial score (nSPS) is 20.6. The molecule has 2 rings (SSSR count). The van der Waals surface area contributed by atoms with Crippen LogP contribution in [0.15, 0.2) is 18.2 Å². The number of hydrogen-bond donors (Lipinski definition) is 1. The molecule has 0 spiro atoms. The Bertz CT molecular complexity index is 543. The van der Waals surface area contributed by atoms with Gasteiger partial charge in [-0.15, -0.1) is 0 Å². The Morgan fingerprint density at radius 2 is 2.14 bits per heavy atom. The van der Waals surface area contributed by atoms with Gasteiger partial charge in [-0.1, -0.05) is 13.8 Å². The molecule has 0 bridgehead atoms. The van der Waals surface area contributed by atoms with Crippen molar-refractivity contribution in [1.82, 2.24) is 4.90 Å². The highest BCUT2D eigenvalue weighted by atomic mass is 16.5. The number of piperidine rings is 1. The summed E-state index contributed by atoms with van der Waals surface area (Å²) in [6.45, 7) is 8.05. The molecule has 1 aromatic carbocycles. The van der Waals surface area contributed by atoms with Crippen molar-refractivity contribution in [3.05, 3.63) is 23.8 Å². The third kappa shape index (κ3) is 3.35. The van der Waals surface area contributed by atoms with Crippen molar-refractivity contribution in [3.63, 3.8) is 0 Å². The predicted octanol–water partition coefficient (Wildman–Crippen LogP) is 2.29. The van der Waals surface area contributed by atoms with Crippen LogP contribution in [-0.2, 0) is 0 Å². The van der Waals surface area contributed by atoms with Gasteiger partial charge in [-0.25, -0.2) is 0 Å². The molecule has 0 saturated carbocycles. The molecule has 0 aromatic heterocycles. The molecule has 122 valence electrons. The van der Waals surface area contributed by atoms with Gasteiger partial charge in [-0.3, -0.25) is 4.79 Å². The monoisotopic (exact) mass is 306 g/mol. The largest absolute Gasteiger partial charge is 0.493 e. The summed E-state index contributed by atoms with van der Waals surface area (Å²) in [6, 6.07) is 5.45. The maximum absolute atomic E-state index is 12.7. The Balaban J connectivity index is 2.19. The lowest BCUT2D eigenvalue weighted by molar-refractivity contribution is 0.0532. The molecule has 1 fully saturated rings. The molecule has 2 N–H and O–H groups in total. The fourth-order valence-electron chi connectivity index (χ4n) is 2.81. The first-order chi connectivity index (χ1) is 10.4. The molecular formula is C17H26N2O3. The molecule has 22 heavy (non-hydrogen) atoms. The molecule has 1 aliphatic rings. The van der Waals surface area contributed by atoms with Gasteiger partial charge in [-0.2, -0.15) is 0 Å². The Morgan fingerprint density at radius 3 is 2.73 bits per heavy atom. The fraction of sp³-hybridized carbons (Fsp3) is 0.588. The van der Waals surface area contributed by atoms with Crippen LogP contribution >= 0.6 is 0 Å². The fourth-order valence-corrected chi connectivity index (χ4v) is 2.81. The molecule has 0 aliphatic carbocycles. The van der Waals surface area contributed by atoms with E-state index in [2.05, 4.69) is 13.8 Å². The van der Waals surface area contributed by atoms with Gasteiger partial charge in [0.25, 0.3) is 5.91 Å². The lowest BCUT2D eigenvalue weighted by Crippen LogP contribution is -2.53. The van der Waals surface area contributed by atoms with Crippen LogP contribution in [0.4, 0.5) is 0 Å². The van der Waals surface area contributed by atoms with E-state index in [0.717, 1.165) is 6.42 Å². The molecular weight excluding hydrogens is 280 g/mol. The Morgan fingerprint density at radius 1 is 1.41 bits per heavy atom. The van der Waals surface area contributed by atoms with E-state index >= 15 is 0 Å². The number of methoxy groups -OCH3 is 1. The molecule has 1 atom stereocenters. The molecule has 1 unspecified atom stereocenters. The number of nitrogens with zero attached hydrogens (tertiary/aromatic N) is 1. The van der Waals surface area contributed by atoms with E-state index < -0.39 is 0 Å². The van der Waals surface area contributed by atoms with Crippen LogP contribution in [-0.4, -0.2) is 43.7 Å². The minimum absolute atomic E-state index is 0.0151. The van der Waals surface area contributed by atoms with Crippen molar-refractivity contribution in [1.29, 1.82) is 0 Å². The van der Waals surface area contributed by atoms with E-state index in [1.165, 1.54) is 0 Å². The zero-order valence-corrected chi connectivity index (χ0v) is 13.9. The van der Waals surface area contributed by atoms with Crippen LogP contribution in [0.25, 0.3) is 0 Å². The summed E-state index contributed by atoms with van der Waals surface area (Å²) in [7, 11) is 1.58. The molecule has 1 aromatic rings. The van der Waals surface area contributed by atoms with Crippen molar-refractivity contribution < 1.29 is 14.3 Å². The first-order valence-electron chi connectivity index (χ1n) is 7.74. The summed E-state index contributed by atoms with van der Waals surface area (Å²) in [5.41, 5.74) is 6.69. The van der Waals surface area contributed by atoms with Crippen LogP contribution in [0.2, 0.25) is 0 Å². The molecule has 5 heteroatoms. The summed E-state index contributed by atoms with van der Waals surface area (Å²) in [5, 5.41) is 0. The van der Waals surface area contributed by atoms with Gasteiger partial charge in [0.1, 0.15) is 0 Å². The average Bonchev–Trinajstić information content (AvgIpc) is 2.50. The first-order valence-corrected chi connectivity index (χ1v) is 7.74. The number of carbonyl (C=O) groups excluding carboxylic acids is 1. The second kappa shape index (κ2) is 6.57. The zero-order valence-electron chi connectivity index (χ0n) is 13.9. The highest BCUT2D eigenvalue weighted by Gasteiger charge is 2.35. The summed E-state index contributed by atoms with van der Waals surface area (Å²) in [6.07, 6.45) is 0.826. The van der Waals surface area contributed by atoms with E-state index in [1.54, 1.807) is 25.3 Å². The second-order valence-electron chi connectivity index (χ2n) is 6.41. The quantitative estimate of drug-likeness (QED) is 0.927. The topological polar surface area (TPSA) is 64.8 Å². The highest BCUT2D eigenvalue weighted by molar-refractivity contribution is 5.95. The van der Waals surface area contributed by atoms with Crippen molar-refractivity contribution >= 4 is 5.91 Å². The third-order valence-corrected chi connectivity index (χ3v) is 4.31. The Hall–Kier alpha value is -1.75. The van der Waals surface area contributed by atoms with E-state index in [0.29, 0.717) is 36.8 Å². The van der Waals surface area contributed by atoms with Gasteiger partial charge in [0.15, 0.2) is 11.5 Å². The molecule has 5 nitrogen and oxygen atoms in total. The molecule has 1 aliphatic heterocycles. The Labute approximate surface area is 132 Å². The van der Waals surface area contributed by atoms with E-state index in [9.17, 15) is 4.79 Å². The SMILES string of the molecule is CCOc1ccc(C(=O)N2CCC(N)C(C)(C)C2)cc1OC. The summed E-state index contributed by atoms with van der Waals surface area (Å²) in [5.74, 6) is 1.25.